The maximum absolute atomic E-state index is 14.0. The Labute approximate surface area is 92.3 Å². The summed E-state index contributed by atoms with van der Waals surface area (Å²) in [5, 5.41) is 18.3. The molecule has 0 saturated heterocycles. The van der Waals surface area contributed by atoms with Gasteiger partial charge < -0.3 is 14.9 Å². The average Bonchev–Trinajstić information content (AvgIpc) is 2.22. The second kappa shape index (κ2) is 4.38. The van der Waals surface area contributed by atoms with Crippen molar-refractivity contribution in [2.24, 2.45) is 0 Å². The molecule has 0 aliphatic rings. The van der Waals surface area contributed by atoms with Crippen LogP contribution in [0.2, 0.25) is 0 Å². The van der Waals surface area contributed by atoms with Gasteiger partial charge in [0.2, 0.25) is 5.67 Å². The van der Waals surface area contributed by atoms with E-state index in [4.69, 9.17) is 5.11 Å². The summed E-state index contributed by atoms with van der Waals surface area (Å²) in [6.07, 6.45) is 0. The minimum absolute atomic E-state index is 0.0683. The number of aromatic hydroxyl groups is 2. The zero-order valence-corrected chi connectivity index (χ0v) is 9.03. The molecule has 1 atom stereocenters. The highest BCUT2D eigenvalue weighted by Gasteiger charge is 2.37. The van der Waals surface area contributed by atoms with Gasteiger partial charge in [-0.25, -0.2) is 9.18 Å². The molecule has 0 bridgehead atoms. The van der Waals surface area contributed by atoms with Crippen LogP contribution in [-0.4, -0.2) is 22.8 Å². The third kappa shape index (κ3) is 2.24. The first kappa shape index (κ1) is 12.3. The lowest BCUT2D eigenvalue weighted by Gasteiger charge is -2.18. The van der Waals surface area contributed by atoms with Gasteiger partial charge in [0.15, 0.2) is 11.5 Å². The molecule has 0 heterocycles. The minimum atomic E-state index is -2.35. The first-order valence-electron chi connectivity index (χ1n) is 4.78. The van der Waals surface area contributed by atoms with E-state index in [0.717, 1.165) is 19.1 Å². The predicted molar refractivity (Wildman–Crippen MR) is 54.9 cm³/mol. The summed E-state index contributed by atoms with van der Waals surface area (Å²) >= 11 is 0. The normalized spacial score (nSPS) is 14.2. The Morgan fingerprint density at radius 2 is 2.06 bits per heavy atom. The van der Waals surface area contributed by atoms with Crippen molar-refractivity contribution in [3.63, 3.8) is 0 Å². The Bertz CT molecular complexity index is 401. The van der Waals surface area contributed by atoms with E-state index in [2.05, 4.69) is 4.74 Å². The molecule has 5 heteroatoms. The Hall–Kier alpha value is -1.78. The number of carbonyl (C=O) groups excluding carboxylic acids is 1. The van der Waals surface area contributed by atoms with Gasteiger partial charge in [-0.2, -0.15) is 0 Å². The molecule has 4 nitrogen and oxygen atoms in total. The Balaban J connectivity index is 3.06. The number of ether oxygens (including phenoxy) is 1. The molecule has 16 heavy (non-hydrogen) atoms. The highest BCUT2D eigenvalue weighted by atomic mass is 19.1. The van der Waals surface area contributed by atoms with E-state index in [9.17, 15) is 14.3 Å². The van der Waals surface area contributed by atoms with Gasteiger partial charge in [0.25, 0.3) is 0 Å². The molecule has 2 N–H and O–H groups in total. The molecule has 1 aromatic rings. The van der Waals surface area contributed by atoms with Crippen LogP contribution in [0.3, 0.4) is 0 Å². The number of carbonyl (C=O) groups is 1. The fourth-order valence-electron chi connectivity index (χ4n) is 1.20. The maximum atomic E-state index is 14.0. The molecular weight excluding hydrogens is 215 g/mol. The van der Waals surface area contributed by atoms with Crippen molar-refractivity contribution in [2.45, 2.75) is 19.5 Å². The predicted octanol–water partition coefficient (Wildman–Crippen LogP) is 1.85. The molecule has 1 aromatic carbocycles. The summed E-state index contributed by atoms with van der Waals surface area (Å²) in [6.45, 7) is 2.68. The maximum Gasteiger partial charge on any atom is 0.348 e. The number of phenolic OH excluding ortho intramolecular Hbond substituents is 2. The SMILES string of the molecule is CCOC(=O)C(C)(F)c1ccc(O)c(O)c1. The average molecular weight is 228 g/mol. The summed E-state index contributed by atoms with van der Waals surface area (Å²) in [7, 11) is 0. The molecule has 0 saturated carbocycles. The van der Waals surface area contributed by atoms with Gasteiger partial charge in [0, 0.05) is 5.56 Å². The standard InChI is InChI=1S/C11H13FO4/c1-3-16-10(15)11(2,12)7-4-5-8(13)9(14)6-7/h4-6,13-14H,3H2,1-2H3. The molecule has 1 unspecified atom stereocenters. The third-order valence-electron chi connectivity index (χ3n) is 2.18. The second-order valence-electron chi connectivity index (χ2n) is 3.43. The lowest BCUT2D eigenvalue weighted by molar-refractivity contribution is -0.156. The number of alkyl halides is 1. The number of rotatable bonds is 3. The van der Waals surface area contributed by atoms with Gasteiger partial charge >= 0.3 is 5.97 Å². The van der Waals surface area contributed by atoms with Crippen LogP contribution in [0.25, 0.3) is 0 Å². The molecule has 0 aliphatic carbocycles. The van der Waals surface area contributed by atoms with E-state index >= 15 is 0 Å². The van der Waals surface area contributed by atoms with Crippen LogP contribution in [0.5, 0.6) is 11.5 Å². The number of halogens is 1. The van der Waals surface area contributed by atoms with E-state index in [-0.39, 0.29) is 17.9 Å². The van der Waals surface area contributed by atoms with E-state index < -0.39 is 17.4 Å². The van der Waals surface area contributed by atoms with E-state index in [0.29, 0.717) is 0 Å². The molecule has 88 valence electrons. The molecule has 0 aromatic heterocycles. The lowest BCUT2D eigenvalue weighted by Crippen LogP contribution is -2.29. The summed E-state index contributed by atoms with van der Waals surface area (Å²) < 4.78 is 18.6. The van der Waals surface area contributed by atoms with Crippen LogP contribution in [-0.2, 0) is 15.2 Å². The number of esters is 1. The van der Waals surface area contributed by atoms with Crippen LogP contribution in [0.15, 0.2) is 18.2 Å². The van der Waals surface area contributed by atoms with E-state index in [1.54, 1.807) is 6.92 Å². The number of phenols is 2. The van der Waals surface area contributed by atoms with Crippen LogP contribution >= 0.6 is 0 Å². The monoisotopic (exact) mass is 228 g/mol. The van der Waals surface area contributed by atoms with Crippen molar-refractivity contribution in [2.75, 3.05) is 6.61 Å². The Kier molecular flexibility index (Phi) is 3.37. The second-order valence-corrected chi connectivity index (χ2v) is 3.43. The molecular formula is C11H13FO4. The van der Waals surface area contributed by atoms with Gasteiger partial charge in [0.1, 0.15) is 0 Å². The fraction of sp³-hybridized carbons (Fsp3) is 0.364. The number of benzene rings is 1. The van der Waals surface area contributed by atoms with Crippen molar-refractivity contribution in [3.05, 3.63) is 23.8 Å². The summed E-state index contributed by atoms with van der Waals surface area (Å²) in [5.74, 6) is -1.88. The number of hydrogen-bond donors (Lipinski definition) is 2. The molecule has 1 rings (SSSR count). The summed E-state index contributed by atoms with van der Waals surface area (Å²) in [5.41, 5.74) is -2.41. The van der Waals surface area contributed by atoms with E-state index in [1.807, 2.05) is 0 Å². The topological polar surface area (TPSA) is 66.8 Å². The number of hydrogen-bond acceptors (Lipinski definition) is 4. The van der Waals surface area contributed by atoms with Gasteiger partial charge in [-0.15, -0.1) is 0 Å². The third-order valence-corrected chi connectivity index (χ3v) is 2.18. The van der Waals surface area contributed by atoms with Gasteiger partial charge in [-0.05, 0) is 26.0 Å². The molecule has 0 radical (unpaired) electrons. The summed E-state index contributed by atoms with van der Waals surface area (Å²) in [4.78, 5) is 11.3. The van der Waals surface area contributed by atoms with Crippen molar-refractivity contribution < 1.29 is 24.1 Å². The molecule has 0 aliphatic heterocycles. The van der Waals surface area contributed by atoms with Crippen molar-refractivity contribution >= 4 is 5.97 Å². The molecule has 0 amide bonds. The minimum Gasteiger partial charge on any atom is -0.504 e. The van der Waals surface area contributed by atoms with Crippen molar-refractivity contribution in [1.29, 1.82) is 0 Å². The Morgan fingerprint density at radius 1 is 1.44 bits per heavy atom. The van der Waals surface area contributed by atoms with Crippen molar-refractivity contribution in [1.82, 2.24) is 0 Å². The highest BCUT2D eigenvalue weighted by Crippen LogP contribution is 2.33. The van der Waals surface area contributed by atoms with Crippen LogP contribution in [0, 0.1) is 0 Å². The smallest absolute Gasteiger partial charge is 0.348 e. The lowest BCUT2D eigenvalue weighted by atomic mass is 9.97. The zero-order chi connectivity index (χ0) is 12.3. The van der Waals surface area contributed by atoms with Crippen LogP contribution in [0.1, 0.15) is 19.4 Å². The van der Waals surface area contributed by atoms with Gasteiger partial charge in [-0.3, -0.25) is 0 Å². The van der Waals surface area contributed by atoms with Crippen LogP contribution in [0.4, 0.5) is 4.39 Å². The first-order chi connectivity index (χ1) is 7.39. The highest BCUT2D eigenvalue weighted by molar-refractivity contribution is 5.81. The summed E-state index contributed by atoms with van der Waals surface area (Å²) in [6, 6.07) is 3.32. The largest absolute Gasteiger partial charge is 0.504 e. The molecule has 0 spiro atoms. The van der Waals surface area contributed by atoms with Gasteiger partial charge in [0.05, 0.1) is 6.61 Å². The zero-order valence-electron chi connectivity index (χ0n) is 9.03. The van der Waals surface area contributed by atoms with Crippen molar-refractivity contribution in [3.8, 4) is 11.5 Å². The Morgan fingerprint density at radius 3 is 2.56 bits per heavy atom. The fourth-order valence-corrected chi connectivity index (χ4v) is 1.20. The molecule has 0 fully saturated rings. The van der Waals surface area contributed by atoms with E-state index in [1.165, 1.54) is 6.07 Å². The van der Waals surface area contributed by atoms with Gasteiger partial charge in [-0.1, -0.05) is 6.07 Å². The quantitative estimate of drug-likeness (QED) is 0.612. The first-order valence-corrected chi connectivity index (χ1v) is 4.78. The van der Waals surface area contributed by atoms with Crippen LogP contribution < -0.4 is 0 Å².